The van der Waals surface area contributed by atoms with Crippen molar-refractivity contribution >= 4 is 23.4 Å². The summed E-state index contributed by atoms with van der Waals surface area (Å²) < 4.78 is 25.6. The quantitative estimate of drug-likeness (QED) is 0.0994. The number of ether oxygens (including phenoxy) is 4. The molecule has 0 saturated heterocycles. The zero-order chi connectivity index (χ0) is 32.8. The highest BCUT2D eigenvalue weighted by Gasteiger charge is 2.33. The number of para-hydroxylation sites is 2. The molecule has 0 N–H and O–H groups in total. The van der Waals surface area contributed by atoms with Gasteiger partial charge in [-0.25, -0.2) is 9.79 Å². The van der Waals surface area contributed by atoms with E-state index in [-0.39, 0.29) is 5.56 Å². The number of aromatic nitrogens is 1. The first-order chi connectivity index (χ1) is 22.9. The van der Waals surface area contributed by atoms with E-state index in [1.54, 1.807) is 41.8 Å². The van der Waals surface area contributed by atoms with E-state index in [2.05, 4.69) is 0 Å². The van der Waals surface area contributed by atoms with Gasteiger partial charge in [0.25, 0.3) is 5.56 Å². The Bertz CT molecular complexity index is 2100. The van der Waals surface area contributed by atoms with E-state index in [9.17, 15) is 9.59 Å². The molecule has 47 heavy (non-hydrogen) atoms. The van der Waals surface area contributed by atoms with Gasteiger partial charge < -0.3 is 18.9 Å². The number of rotatable bonds is 11. The Morgan fingerprint density at radius 2 is 1.51 bits per heavy atom. The molecule has 2 heterocycles. The summed E-state index contributed by atoms with van der Waals surface area (Å²) in [6.45, 7) is 6.83. The third kappa shape index (κ3) is 7.05. The van der Waals surface area contributed by atoms with Crippen molar-refractivity contribution in [1.82, 2.24) is 4.57 Å². The summed E-state index contributed by atoms with van der Waals surface area (Å²) in [4.78, 5) is 32.9. The minimum atomic E-state index is -0.706. The molecule has 0 spiro atoms. The molecule has 8 nitrogen and oxygen atoms in total. The third-order valence-corrected chi connectivity index (χ3v) is 8.55. The number of carbonyl (C=O) groups excluding carboxylic acids is 1. The van der Waals surface area contributed by atoms with E-state index in [0.717, 1.165) is 22.4 Å². The van der Waals surface area contributed by atoms with Gasteiger partial charge in [-0.3, -0.25) is 9.36 Å². The van der Waals surface area contributed by atoms with E-state index < -0.39 is 12.0 Å². The Hall–Kier alpha value is -5.41. The van der Waals surface area contributed by atoms with E-state index in [1.165, 1.54) is 11.3 Å². The van der Waals surface area contributed by atoms with Crippen molar-refractivity contribution in [2.24, 2.45) is 4.99 Å². The number of carbonyl (C=O) groups is 1. The fourth-order valence-corrected chi connectivity index (χ4v) is 6.41. The van der Waals surface area contributed by atoms with Crippen LogP contribution < -0.4 is 33.8 Å². The summed E-state index contributed by atoms with van der Waals surface area (Å²) in [5.74, 6) is 1.83. The van der Waals surface area contributed by atoms with Crippen LogP contribution in [0, 0.1) is 6.92 Å². The summed E-state index contributed by atoms with van der Waals surface area (Å²) in [5.41, 5.74) is 3.15. The second-order valence-corrected chi connectivity index (χ2v) is 11.8. The van der Waals surface area contributed by atoms with Crippen LogP contribution in [-0.2, 0) is 4.79 Å². The molecule has 1 atom stereocenters. The average Bonchev–Trinajstić information content (AvgIpc) is 3.38. The molecule has 0 fully saturated rings. The van der Waals surface area contributed by atoms with Gasteiger partial charge in [0.1, 0.15) is 24.7 Å². The highest BCUT2D eigenvalue weighted by molar-refractivity contribution is 7.07. The molecule has 0 aliphatic carbocycles. The number of thiazole rings is 1. The first-order valence-electron chi connectivity index (χ1n) is 15.4. The summed E-state index contributed by atoms with van der Waals surface area (Å²) in [6.07, 6.45) is 1.81. The Morgan fingerprint density at radius 1 is 0.830 bits per heavy atom. The Morgan fingerprint density at radius 3 is 2.23 bits per heavy atom. The number of allylic oxidation sites excluding steroid dienone is 1. The maximum atomic E-state index is 14.1. The minimum absolute atomic E-state index is 0.258. The van der Waals surface area contributed by atoms with E-state index in [4.69, 9.17) is 23.9 Å². The van der Waals surface area contributed by atoms with Crippen LogP contribution in [0.15, 0.2) is 124 Å². The monoisotopic (exact) mass is 646 g/mol. The van der Waals surface area contributed by atoms with Gasteiger partial charge in [0.15, 0.2) is 16.3 Å². The van der Waals surface area contributed by atoms with E-state index in [1.807, 2.05) is 92.7 Å². The van der Waals surface area contributed by atoms with Crippen LogP contribution in [0.2, 0.25) is 0 Å². The van der Waals surface area contributed by atoms with Crippen LogP contribution in [0.4, 0.5) is 0 Å². The molecule has 4 aromatic carbocycles. The molecule has 1 aromatic heterocycles. The Balaban J connectivity index is 1.30. The van der Waals surface area contributed by atoms with Crippen LogP contribution in [0.1, 0.15) is 36.6 Å². The highest BCUT2D eigenvalue weighted by atomic mass is 32.1. The highest BCUT2D eigenvalue weighted by Crippen LogP contribution is 2.32. The van der Waals surface area contributed by atoms with Crippen molar-refractivity contribution in [1.29, 1.82) is 0 Å². The van der Waals surface area contributed by atoms with Gasteiger partial charge in [-0.05, 0) is 73.9 Å². The Kier molecular flexibility index (Phi) is 9.64. The Labute approximate surface area is 276 Å². The summed E-state index contributed by atoms with van der Waals surface area (Å²) in [7, 11) is 0. The maximum absolute atomic E-state index is 14.1. The molecule has 1 unspecified atom stereocenters. The molecule has 9 heteroatoms. The van der Waals surface area contributed by atoms with Gasteiger partial charge in [-0.15, -0.1) is 0 Å². The van der Waals surface area contributed by atoms with Gasteiger partial charge in [0.2, 0.25) is 0 Å². The molecule has 1 aliphatic heterocycles. The number of benzene rings is 4. The number of fused-ring (bicyclic) bond motifs is 1. The topological polar surface area (TPSA) is 88.4 Å². The lowest BCUT2D eigenvalue weighted by Gasteiger charge is -2.24. The predicted molar refractivity (Wildman–Crippen MR) is 182 cm³/mol. The standard InChI is InChI=1S/C38H34N2O6S/c1-4-43-32-23-27(19-20-31(32)45-22-21-44-30-18-12-11-13-25(30)2)24-33-36(41)40-35(28-14-7-5-8-15-28)34(26(3)39-38(40)47-33)37(42)46-29-16-9-6-10-17-29/h5-20,23-24,35H,4,21-22H2,1-3H3. The van der Waals surface area contributed by atoms with Crippen molar-refractivity contribution in [3.05, 3.63) is 151 Å². The number of hydrogen-bond donors (Lipinski definition) is 0. The smallest absolute Gasteiger partial charge is 0.343 e. The second kappa shape index (κ2) is 14.3. The number of aryl methyl sites for hydroxylation is 1. The molecule has 0 bridgehead atoms. The van der Waals surface area contributed by atoms with Crippen molar-refractivity contribution in [2.45, 2.75) is 26.8 Å². The lowest BCUT2D eigenvalue weighted by Crippen LogP contribution is -2.40. The van der Waals surface area contributed by atoms with Gasteiger partial charge in [-0.1, -0.05) is 84.1 Å². The lowest BCUT2D eigenvalue weighted by molar-refractivity contribution is -0.130. The first-order valence-corrected chi connectivity index (χ1v) is 16.2. The van der Waals surface area contributed by atoms with Crippen LogP contribution in [0.25, 0.3) is 6.08 Å². The lowest BCUT2D eigenvalue weighted by atomic mass is 9.96. The van der Waals surface area contributed by atoms with Gasteiger partial charge in [0.05, 0.1) is 28.5 Å². The zero-order valence-corrected chi connectivity index (χ0v) is 27.2. The number of nitrogens with zero attached hydrogens (tertiary/aromatic N) is 2. The predicted octanol–water partition coefficient (Wildman–Crippen LogP) is 6.01. The molecular weight excluding hydrogens is 612 g/mol. The van der Waals surface area contributed by atoms with Crippen LogP contribution in [0.5, 0.6) is 23.0 Å². The zero-order valence-electron chi connectivity index (χ0n) is 26.3. The SMILES string of the molecule is CCOc1cc(C=c2sc3n(c2=O)C(c2ccccc2)C(C(=O)Oc2ccccc2)=C(C)N=3)ccc1OCCOc1ccccc1C. The molecular formula is C38H34N2O6S. The number of hydrogen-bond acceptors (Lipinski definition) is 8. The average molecular weight is 647 g/mol. The largest absolute Gasteiger partial charge is 0.490 e. The van der Waals surface area contributed by atoms with Gasteiger partial charge in [0, 0.05) is 0 Å². The van der Waals surface area contributed by atoms with Gasteiger partial charge >= 0.3 is 5.97 Å². The van der Waals surface area contributed by atoms with E-state index in [0.29, 0.717) is 57.7 Å². The van der Waals surface area contributed by atoms with Crippen molar-refractivity contribution in [3.63, 3.8) is 0 Å². The molecule has 6 rings (SSSR count). The fraction of sp³-hybridized carbons (Fsp3) is 0.184. The minimum Gasteiger partial charge on any atom is -0.490 e. The molecule has 1 aliphatic rings. The van der Waals surface area contributed by atoms with Crippen molar-refractivity contribution < 1.29 is 23.7 Å². The molecule has 5 aromatic rings. The fourth-order valence-electron chi connectivity index (χ4n) is 5.36. The molecule has 0 radical (unpaired) electrons. The second-order valence-electron chi connectivity index (χ2n) is 10.8. The van der Waals surface area contributed by atoms with E-state index >= 15 is 0 Å². The summed E-state index contributed by atoms with van der Waals surface area (Å²) in [5, 5.41) is 0. The third-order valence-electron chi connectivity index (χ3n) is 7.57. The van der Waals surface area contributed by atoms with Gasteiger partial charge in [-0.2, -0.15) is 0 Å². The summed E-state index contributed by atoms with van der Waals surface area (Å²) in [6, 6.07) is 31.0. The molecule has 238 valence electrons. The van der Waals surface area contributed by atoms with Crippen molar-refractivity contribution in [2.75, 3.05) is 19.8 Å². The van der Waals surface area contributed by atoms with Crippen LogP contribution in [-0.4, -0.2) is 30.4 Å². The summed E-state index contributed by atoms with van der Waals surface area (Å²) >= 11 is 1.27. The maximum Gasteiger partial charge on any atom is 0.343 e. The molecule has 0 saturated carbocycles. The normalized spacial score (nSPS) is 14.3. The molecule has 0 amide bonds. The first kappa shape index (κ1) is 31.6. The van der Waals surface area contributed by atoms with Crippen molar-refractivity contribution in [3.8, 4) is 23.0 Å². The van der Waals surface area contributed by atoms with Crippen LogP contribution in [0.3, 0.4) is 0 Å². The number of esters is 1. The van der Waals surface area contributed by atoms with Crippen LogP contribution >= 0.6 is 11.3 Å².